The van der Waals surface area contributed by atoms with Gasteiger partial charge in [-0.3, -0.25) is 4.79 Å². The van der Waals surface area contributed by atoms with E-state index in [-0.39, 0.29) is 11.8 Å². The van der Waals surface area contributed by atoms with Crippen molar-refractivity contribution in [3.63, 3.8) is 0 Å². The average Bonchev–Trinajstić information content (AvgIpc) is 2.24. The SMILES string of the molecule is CCCCCNC(=O)C(CCC)CCC. The van der Waals surface area contributed by atoms with Crippen LogP contribution in [0.4, 0.5) is 0 Å². The highest BCUT2D eigenvalue weighted by atomic mass is 16.1. The fourth-order valence-electron chi connectivity index (χ4n) is 1.83. The Kier molecular flexibility index (Phi) is 9.65. The average molecular weight is 213 g/mol. The molecule has 1 N–H and O–H groups in total. The predicted octanol–water partition coefficient (Wildman–Crippen LogP) is 3.51. The number of rotatable bonds is 9. The van der Waals surface area contributed by atoms with Gasteiger partial charge in [-0.05, 0) is 19.3 Å². The first-order valence-electron chi connectivity index (χ1n) is 6.53. The first-order valence-corrected chi connectivity index (χ1v) is 6.53. The van der Waals surface area contributed by atoms with E-state index in [1.165, 1.54) is 12.8 Å². The minimum atomic E-state index is 0.252. The Balaban J connectivity index is 3.70. The summed E-state index contributed by atoms with van der Waals surface area (Å²) in [6.07, 6.45) is 7.82. The third-order valence-corrected chi connectivity index (χ3v) is 2.72. The van der Waals surface area contributed by atoms with Crippen LogP contribution in [0.25, 0.3) is 0 Å². The topological polar surface area (TPSA) is 29.1 Å². The van der Waals surface area contributed by atoms with Crippen LogP contribution in [0.1, 0.15) is 65.7 Å². The van der Waals surface area contributed by atoms with Gasteiger partial charge < -0.3 is 5.32 Å². The molecular formula is C13H27NO. The maximum Gasteiger partial charge on any atom is 0.223 e. The predicted molar refractivity (Wildman–Crippen MR) is 65.8 cm³/mol. The van der Waals surface area contributed by atoms with E-state index >= 15 is 0 Å². The number of amides is 1. The van der Waals surface area contributed by atoms with Crippen LogP contribution in [-0.2, 0) is 4.79 Å². The molecule has 0 unspecified atom stereocenters. The molecule has 0 radical (unpaired) electrons. The smallest absolute Gasteiger partial charge is 0.223 e. The molecule has 0 spiro atoms. The van der Waals surface area contributed by atoms with E-state index in [1.54, 1.807) is 0 Å². The van der Waals surface area contributed by atoms with Gasteiger partial charge in [0, 0.05) is 12.5 Å². The van der Waals surface area contributed by atoms with Crippen molar-refractivity contribution in [1.29, 1.82) is 0 Å². The number of hydrogen-bond acceptors (Lipinski definition) is 1. The summed E-state index contributed by atoms with van der Waals surface area (Å²) < 4.78 is 0. The molecule has 0 atom stereocenters. The minimum Gasteiger partial charge on any atom is -0.356 e. The van der Waals surface area contributed by atoms with Crippen LogP contribution in [0.3, 0.4) is 0 Å². The van der Waals surface area contributed by atoms with Crippen LogP contribution >= 0.6 is 0 Å². The van der Waals surface area contributed by atoms with E-state index in [1.807, 2.05) is 0 Å². The summed E-state index contributed by atoms with van der Waals surface area (Å²) in [6, 6.07) is 0. The van der Waals surface area contributed by atoms with Crippen molar-refractivity contribution >= 4 is 5.91 Å². The lowest BCUT2D eigenvalue weighted by Gasteiger charge is -2.14. The molecular weight excluding hydrogens is 186 g/mol. The van der Waals surface area contributed by atoms with Gasteiger partial charge in [-0.15, -0.1) is 0 Å². The molecule has 0 bridgehead atoms. The molecule has 2 heteroatoms. The molecule has 0 fully saturated rings. The molecule has 0 aromatic heterocycles. The van der Waals surface area contributed by atoms with E-state index in [0.29, 0.717) is 0 Å². The summed E-state index contributed by atoms with van der Waals surface area (Å²) in [5.41, 5.74) is 0. The van der Waals surface area contributed by atoms with Crippen LogP contribution in [0.2, 0.25) is 0 Å². The molecule has 0 aliphatic rings. The summed E-state index contributed by atoms with van der Waals surface area (Å²) in [6.45, 7) is 7.33. The van der Waals surface area contributed by atoms with Crippen molar-refractivity contribution in [2.24, 2.45) is 5.92 Å². The van der Waals surface area contributed by atoms with E-state index in [9.17, 15) is 4.79 Å². The zero-order chi connectivity index (χ0) is 11.5. The molecule has 0 aliphatic heterocycles. The Morgan fingerprint density at radius 1 is 1.00 bits per heavy atom. The van der Waals surface area contributed by atoms with Crippen molar-refractivity contribution in [3.8, 4) is 0 Å². The maximum atomic E-state index is 11.8. The molecule has 0 heterocycles. The molecule has 0 rings (SSSR count). The highest BCUT2D eigenvalue weighted by Crippen LogP contribution is 2.13. The summed E-state index contributed by atoms with van der Waals surface area (Å²) >= 11 is 0. The first kappa shape index (κ1) is 14.5. The van der Waals surface area contributed by atoms with Crippen molar-refractivity contribution in [2.75, 3.05) is 6.54 Å². The van der Waals surface area contributed by atoms with Gasteiger partial charge in [0.2, 0.25) is 5.91 Å². The van der Waals surface area contributed by atoms with Gasteiger partial charge in [-0.1, -0.05) is 46.5 Å². The highest BCUT2D eigenvalue weighted by Gasteiger charge is 2.15. The number of hydrogen-bond donors (Lipinski definition) is 1. The highest BCUT2D eigenvalue weighted by molar-refractivity contribution is 5.78. The second-order valence-electron chi connectivity index (χ2n) is 4.27. The zero-order valence-electron chi connectivity index (χ0n) is 10.6. The summed E-state index contributed by atoms with van der Waals surface area (Å²) in [4.78, 5) is 11.8. The van der Waals surface area contributed by atoms with Gasteiger partial charge in [0.15, 0.2) is 0 Å². The van der Waals surface area contributed by atoms with Gasteiger partial charge in [0.1, 0.15) is 0 Å². The Morgan fingerprint density at radius 2 is 1.60 bits per heavy atom. The fourth-order valence-corrected chi connectivity index (χ4v) is 1.83. The molecule has 0 aromatic rings. The van der Waals surface area contributed by atoms with Gasteiger partial charge in [-0.2, -0.15) is 0 Å². The largest absolute Gasteiger partial charge is 0.356 e. The normalized spacial score (nSPS) is 10.7. The van der Waals surface area contributed by atoms with Crippen molar-refractivity contribution < 1.29 is 4.79 Å². The summed E-state index contributed by atoms with van der Waals surface area (Å²) in [5.74, 6) is 0.524. The van der Waals surface area contributed by atoms with Crippen LogP contribution < -0.4 is 5.32 Å². The fraction of sp³-hybridized carbons (Fsp3) is 0.923. The van der Waals surface area contributed by atoms with Gasteiger partial charge >= 0.3 is 0 Å². The van der Waals surface area contributed by atoms with E-state index in [0.717, 1.165) is 38.6 Å². The van der Waals surface area contributed by atoms with Crippen molar-refractivity contribution in [2.45, 2.75) is 65.7 Å². The number of carbonyl (C=O) groups is 1. The molecule has 0 saturated heterocycles. The lowest BCUT2D eigenvalue weighted by atomic mass is 9.97. The Bertz CT molecular complexity index is 151. The molecule has 90 valence electrons. The molecule has 2 nitrogen and oxygen atoms in total. The standard InChI is InChI=1S/C13H27NO/c1-4-7-8-11-14-13(15)12(9-5-2)10-6-3/h12H,4-11H2,1-3H3,(H,14,15). The third kappa shape index (κ3) is 7.40. The van der Waals surface area contributed by atoms with Crippen LogP contribution in [0.5, 0.6) is 0 Å². The van der Waals surface area contributed by atoms with Crippen LogP contribution in [0.15, 0.2) is 0 Å². The first-order chi connectivity index (χ1) is 7.26. The van der Waals surface area contributed by atoms with Crippen molar-refractivity contribution in [3.05, 3.63) is 0 Å². The van der Waals surface area contributed by atoms with Gasteiger partial charge in [-0.25, -0.2) is 0 Å². The summed E-state index contributed by atoms with van der Waals surface area (Å²) in [5, 5.41) is 3.05. The maximum absolute atomic E-state index is 11.8. The lowest BCUT2D eigenvalue weighted by molar-refractivity contribution is -0.125. The van der Waals surface area contributed by atoms with E-state index in [4.69, 9.17) is 0 Å². The molecule has 0 aliphatic carbocycles. The quantitative estimate of drug-likeness (QED) is 0.583. The monoisotopic (exact) mass is 213 g/mol. The lowest BCUT2D eigenvalue weighted by Crippen LogP contribution is -2.31. The molecule has 0 aromatic carbocycles. The number of carbonyl (C=O) groups excluding carboxylic acids is 1. The molecule has 0 saturated carbocycles. The number of nitrogens with one attached hydrogen (secondary N) is 1. The Morgan fingerprint density at radius 3 is 2.07 bits per heavy atom. The minimum absolute atomic E-state index is 0.252. The third-order valence-electron chi connectivity index (χ3n) is 2.72. The van der Waals surface area contributed by atoms with Gasteiger partial charge in [0.05, 0.1) is 0 Å². The molecule has 15 heavy (non-hydrogen) atoms. The Hall–Kier alpha value is -0.530. The van der Waals surface area contributed by atoms with Crippen LogP contribution in [0, 0.1) is 5.92 Å². The molecule has 1 amide bonds. The van der Waals surface area contributed by atoms with E-state index < -0.39 is 0 Å². The second kappa shape index (κ2) is 10.0. The Labute approximate surface area is 94.8 Å². The van der Waals surface area contributed by atoms with Gasteiger partial charge in [0.25, 0.3) is 0 Å². The second-order valence-corrected chi connectivity index (χ2v) is 4.27. The zero-order valence-corrected chi connectivity index (χ0v) is 10.6. The van der Waals surface area contributed by atoms with Crippen LogP contribution in [-0.4, -0.2) is 12.5 Å². The number of unbranched alkanes of at least 4 members (excludes halogenated alkanes) is 2. The van der Waals surface area contributed by atoms with Crippen molar-refractivity contribution in [1.82, 2.24) is 5.32 Å². The summed E-state index contributed by atoms with van der Waals surface area (Å²) in [7, 11) is 0. The van der Waals surface area contributed by atoms with E-state index in [2.05, 4.69) is 26.1 Å².